The van der Waals surface area contributed by atoms with E-state index in [0.29, 0.717) is 85.9 Å². The van der Waals surface area contributed by atoms with Crippen LogP contribution in [0.3, 0.4) is 0 Å². The zero-order valence-corrected chi connectivity index (χ0v) is 21.8. The van der Waals surface area contributed by atoms with Gasteiger partial charge in [-0.3, -0.25) is 9.59 Å². The predicted molar refractivity (Wildman–Crippen MR) is 128 cm³/mol. The first-order valence-electron chi connectivity index (χ1n) is 12.0. The minimum absolute atomic E-state index is 0.174. The highest BCUT2D eigenvalue weighted by Gasteiger charge is 2.22. The Bertz CT molecular complexity index is 517. The lowest BCUT2D eigenvalue weighted by molar-refractivity contribution is -0.156. The van der Waals surface area contributed by atoms with E-state index in [1.54, 1.807) is 27.9 Å². The van der Waals surface area contributed by atoms with Gasteiger partial charge in [-0.25, -0.2) is 0 Å². The van der Waals surface area contributed by atoms with Gasteiger partial charge in [-0.1, -0.05) is 0 Å². The molecular formula is C23H46N2O10. The van der Waals surface area contributed by atoms with Crippen molar-refractivity contribution < 1.29 is 47.5 Å². The van der Waals surface area contributed by atoms with Crippen LogP contribution in [-0.2, 0) is 47.5 Å². The lowest BCUT2D eigenvalue weighted by Gasteiger charge is -2.20. The number of carbonyl (C=O) groups excluding carboxylic acids is 2. The van der Waals surface area contributed by atoms with Gasteiger partial charge in [0.15, 0.2) is 0 Å². The van der Waals surface area contributed by atoms with Crippen LogP contribution in [-0.4, -0.2) is 123 Å². The molecule has 1 atom stereocenters. The van der Waals surface area contributed by atoms with E-state index in [4.69, 9.17) is 43.6 Å². The van der Waals surface area contributed by atoms with Gasteiger partial charge in [0, 0.05) is 13.7 Å². The number of carbonyl (C=O) groups is 2. The van der Waals surface area contributed by atoms with Crippen LogP contribution in [0, 0.1) is 0 Å². The summed E-state index contributed by atoms with van der Waals surface area (Å²) in [7, 11) is 1.63. The standard InChI is InChI=1S/C23H46N2O10/c1-23(2,3)35-21(26)19-20(24)22(27)25-5-6-29-9-10-31-13-14-33-17-18-34-16-15-32-12-11-30-8-7-28-4/h20H,5-19,24H2,1-4H3,(H,25,27)/t20-/m0/s1. The zero-order valence-electron chi connectivity index (χ0n) is 21.8. The fourth-order valence-electron chi connectivity index (χ4n) is 2.38. The number of methoxy groups -OCH3 is 1. The Morgan fingerprint density at radius 2 is 1.06 bits per heavy atom. The fraction of sp³-hybridized carbons (Fsp3) is 0.913. The molecule has 0 heterocycles. The number of rotatable bonds is 24. The maximum atomic E-state index is 11.9. The summed E-state index contributed by atoms with van der Waals surface area (Å²) in [5.74, 6) is -0.932. The van der Waals surface area contributed by atoms with Gasteiger partial charge in [-0.15, -0.1) is 0 Å². The van der Waals surface area contributed by atoms with Crippen molar-refractivity contribution in [3.63, 3.8) is 0 Å². The third-order valence-electron chi connectivity index (χ3n) is 3.98. The third-order valence-corrected chi connectivity index (χ3v) is 3.98. The van der Waals surface area contributed by atoms with Crippen LogP contribution in [0.1, 0.15) is 27.2 Å². The number of amides is 1. The van der Waals surface area contributed by atoms with Gasteiger partial charge in [0.1, 0.15) is 5.60 Å². The summed E-state index contributed by atoms with van der Waals surface area (Å²) in [6.07, 6.45) is -0.174. The largest absolute Gasteiger partial charge is 0.460 e. The number of nitrogens with one attached hydrogen (secondary N) is 1. The van der Waals surface area contributed by atoms with Crippen LogP contribution in [0.15, 0.2) is 0 Å². The Morgan fingerprint density at radius 1 is 0.686 bits per heavy atom. The van der Waals surface area contributed by atoms with Gasteiger partial charge < -0.3 is 48.9 Å². The van der Waals surface area contributed by atoms with Crippen molar-refractivity contribution in [3.8, 4) is 0 Å². The van der Waals surface area contributed by atoms with Crippen LogP contribution in [0.2, 0.25) is 0 Å². The molecule has 35 heavy (non-hydrogen) atoms. The molecule has 0 rings (SSSR count). The zero-order chi connectivity index (χ0) is 26.2. The minimum Gasteiger partial charge on any atom is -0.460 e. The minimum atomic E-state index is -0.955. The van der Waals surface area contributed by atoms with Crippen molar-refractivity contribution in [2.75, 3.05) is 99.5 Å². The molecule has 0 spiro atoms. The van der Waals surface area contributed by atoms with E-state index in [1.165, 1.54) is 0 Å². The van der Waals surface area contributed by atoms with Gasteiger partial charge in [0.25, 0.3) is 0 Å². The Kier molecular flexibility index (Phi) is 22.1. The van der Waals surface area contributed by atoms with Crippen molar-refractivity contribution in [1.82, 2.24) is 5.32 Å². The maximum absolute atomic E-state index is 11.9. The first kappa shape index (κ1) is 33.6. The normalized spacial score (nSPS) is 12.5. The number of nitrogens with two attached hydrogens (primary N) is 1. The van der Waals surface area contributed by atoms with E-state index in [2.05, 4.69) is 5.32 Å². The van der Waals surface area contributed by atoms with Crippen molar-refractivity contribution >= 4 is 11.9 Å². The Labute approximate surface area is 209 Å². The SMILES string of the molecule is COCCOCCOCCOCCOCCOCCOCCNC(=O)[C@@H](N)CC(=O)OC(C)(C)C. The lowest BCUT2D eigenvalue weighted by atomic mass is 10.1. The van der Waals surface area contributed by atoms with E-state index in [9.17, 15) is 9.59 Å². The Morgan fingerprint density at radius 3 is 1.43 bits per heavy atom. The number of hydrogen-bond donors (Lipinski definition) is 2. The molecule has 0 aromatic heterocycles. The maximum Gasteiger partial charge on any atom is 0.308 e. The highest BCUT2D eigenvalue weighted by atomic mass is 16.6. The molecule has 0 saturated heterocycles. The van der Waals surface area contributed by atoms with E-state index in [-0.39, 0.29) is 13.0 Å². The van der Waals surface area contributed by atoms with Crippen LogP contribution in [0.25, 0.3) is 0 Å². The molecule has 208 valence electrons. The van der Waals surface area contributed by atoms with Crippen molar-refractivity contribution in [1.29, 1.82) is 0 Å². The summed E-state index contributed by atoms with van der Waals surface area (Å²) in [5, 5.41) is 2.62. The highest BCUT2D eigenvalue weighted by Crippen LogP contribution is 2.08. The Balaban J connectivity index is 3.32. The number of ether oxygens (including phenoxy) is 8. The van der Waals surface area contributed by atoms with Crippen LogP contribution < -0.4 is 11.1 Å². The molecular weight excluding hydrogens is 464 g/mol. The fourth-order valence-corrected chi connectivity index (χ4v) is 2.38. The average Bonchev–Trinajstić information content (AvgIpc) is 2.78. The summed E-state index contributed by atoms with van der Waals surface area (Å²) in [6, 6.07) is -0.955. The van der Waals surface area contributed by atoms with Crippen molar-refractivity contribution in [3.05, 3.63) is 0 Å². The molecule has 12 nitrogen and oxygen atoms in total. The molecule has 12 heteroatoms. The van der Waals surface area contributed by atoms with Gasteiger partial charge >= 0.3 is 5.97 Å². The monoisotopic (exact) mass is 510 g/mol. The number of hydrogen-bond acceptors (Lipinski definition) is 11. The van der Waals surface area contributed by atoms with E-state index < -0.39 is 23.5 Å². The van der Waals surface area contributed by atoms with E-state index in [1.807, 2.05) is 0 Å². The van der Waals surface area contributed by atoms with Crippen molar-refractivity contribution in [2.45, 2.75) is 38.8 Å². The molecule has 0 aliphatic carbocycles. The first-order chi connectivity index (χ1) is 16.8. The summed E-state index contributed by atoms with van der Waals surface area (Å²) < 4.78 is 42.2. The molecule has 0 aromatic carbocycles. The topological polar surface area (TPSA) is 146 Å². The smallest absolute Gasteiger partial charge is 0.308 e. The van der Waals surface area contributed by atoms with Gasteiger partial charge in [0.2, 0.25) is 5.91 Å². The molecule has 3 N–H and O–H groups in total. The van der Waals surface area contributed by atoms with Crippen LogP contribution in [0.5, 0.6) is 0 Å². The molecule has 0 fully saturated rings. The van der Waals surface area contributed by atoms with Crippen LogP contribution >= 0.6 is 0 Å². The number of esters is 1. The van der Waals surface area contributed by atoms with Crippen LogP contribution in [0.4, 0.5) is 0 Å². The molecule has 0 aliphatic rings. The molecule has 1 amide bonds. The van der Waals surface area contributed by atoms with Gasteiger partial charge in [-0.2, -0.15) is 0 Å². The molecule has 0 radical (unpaired) electrons. The highest BCUT2D eigenvalue weighted by molar-refractivity contribution is 5.86. The Hall–Kier alpha value is -1.38. The lowest BCUT2D eigenvalue weighted by Crippen LogP contribution is -2.43. The van der Waals surface area contributed by atoms with Gasteiger partial charge in [-0.05, 0) is 20.8 Å². The second-order valence-electron chi connectivity index (χ2n) is 8.36. The molecule has 0 unspecified atom stereocenters. The first-order valence-corrected chi connectivity index (χ1v) is 12.0. The summed E-state index contributed by atoms with van der Waals surface area (Å²) >= 11 is 0. The summed E-state index contributed by atoms with van der Waals surface area (Å²) in [6.45, 7) is 11.8. The second kappa shape index (κ2) is 23.0. The summed E-state index contributed by atoms with van der Waals surface area (Å²) in [5.41, 5.74) is 5.11. The molecule has 0 saturated carbocycles. The molecule has 0 bridgehead atoms. The molecule has 0 aromatic rings. The third kappa shape index (κ3) is 25.5. The molecule has 0 aliphatic heterocycles. The summed E-state index contributed by atoms with van der Waals surface area (Å²) in [4.78, 5) is 23.6. The quantitative estimate of drug-likeness (QED) is 0.133. The average molecular weight is 511 g/mol. The van der Waals surface area contributed by atoms with Crippen molar-refractivity contribution in [2.24, 2.45) is 5.73 Å². The van der Waals surface area contributed by atoms with Gasteiger partial charge in [0.05, 0.1) is 98.4 Å². The van der Waals surface area contributed by atoms with E-state index >= 15 is 0 Å². The second-order valence-corrected chi connectivity index (χ2v) is 8.36. The predicted octanol–water partition coefficient (Wildman–Crippen LogP) is -0.0923. The van der Waals surface area contributed by atoms with E-state index in [0.717, 1.165) is 0 Å².